The molecule has 0 atom stereocenters. The second kappa shape index (κ2) is 7.86. The van der Waals surface area contributed by atoms with Crippen molar-refractivity contribution >= 4 is 5.91 Å². The monoisotopic (exact) mass is 363 g/mol. The molecular weight excluding hydrogens is 342 g/mol. The number of carbonyl (C=O) groups excluding carboxylic acids is 1. The highest BCUT2D eigenvalue weighted by molar-refractivity contribution is 5.72. The third-order valence-electron chi connectivity index (χ3n) is 4.36. The van der Waals surface area contributed by atoms with E-state index in [1.54, 1.807) is 13.2 Å². The van der Waals surface area contributed by atoms with Crippen LogP contribution < -0.4 is 15.6 Å². The molecule has 0 aliphatic carbocycles. The maximum Gasteiger partial charge on any atom is 0.271 e. The van der Waals surface area contributed by atoms with Crippen LogP contribution in [0, 0.1) is 6.92 Å². The van der Waals surface area contributed by atoms with Gasteiger partial charge in [-0.3, -0.25) is 9.59 Å². The van der Waals surface area contributed by atoms with Crippen molar-refractivity contribution < 1.29 is 9.53 Å². The highest BCUT2D eigenvalue weighted by Gasteiger charge is 2.10. The Hall–Kier alpha value is -3.41. The fraction of sp³-hybridized carbons (Fsp3) is 0.190. The molecular formula is C21H21N3O3. The van der Waals surface area contributed by atoms with Crippen molar-refractivity contribution in [2.45, 2.75) is 20.4 Å². The van der Waals surface area contributed by atoms with Gasteiger partial charge in [0.05, 0.1) is 18.5 Å². The van der Waals surface area contributed by atoms with Crippen LogP contribution in [0.4, 0.5) is 0 Å². The Morgan fingerprint density at radius 2 is 1.85 bits per heavy atom. The molecule has 0 spiro atoms. The van der Waals surface area contributed by atoms with Crippen LogP contribution in [0.3, 0.4) is 0 Å². The number of nitrogens with one attached hydrogen (secondary N) is 1. The molecule has 0 fully saturated rings. The van der Waals surface area contributed by atoms with E-state index in [1.807, 2.05) is 49.4 Å². The van der Waals surface area contributed by atoms with Crippen molar-refractivity contribution in [3.8, 4) is 22.7 Å². The standard InChI is InChI=1S/C21H21N3O3/c1-14-17(13-22-15(2)25)5-4-6-20(14)24-21(26)12-11-19(23-24)16-7-9-18(27-3)10-8-16/h4-12H,13H2,1-3H3,(H,22,25). The second-order valence-electron chi connectivity index (χ2n) is 6.17. The van der Waals surface area contributed by atoms with Crippen molar-refractivity contribution in [1.82, 2.24) is 15.1 Å². The highest BCUT2D eigenvalue weighted by Crippen LogP contribution is 2.21. The maximum absolute atomic E-state index is 12.4. The summed E-state index contributed by atoms with van der Waals surface area (Å²) in [6, 6.07) is 16.3. The number of carbonyl (C=O) groups is 1. The van der Waals surface area contributed by atoms with Crippen molar-refractivity contribution in [2.75, 3.05) is 7.11 Å². The third kappa shape index (κ3) is 4.06. The topological polar surface area (TPSA) is 73.2 Å². The summed E-state index contributed by atoms with van der Waals surface area (Å²) in [6.07, 6.45) is 0. The van der Waals surface area contributed by atoms with Gasteiger partial charge in [-0.25, -0.2) is 0 Å². The molecule has 0 aliphatic rings. The summed E-state index contributed by atoms with van der Waals surface area (Å²) < 4.78 is 6.58. The van der Waals surface area contributed by atoms with Crippen molar-refractivity contribution in [3.63, 3.8) is 0 Å². The van der Waals surface area contributed by atoms with Crippen molar-refractivity contribution in [1.29, 1.82) is 0 Å². The molecule has 138 valence electrons. The van der Waals surface area contributed by atoms with Crippen LogP contribution in [0.25, 0.3) is 16.9 Å². The summed E-state index contributed by atoms with van der Waals surface area (Å²) >= 11 is 0. The number of rotatable bonds is 5. The maximum atomic E-state index is 12.4. The van der Waals surface area contributed by atoms with E-state index in [0.717, 1.165) is 22.4 Å². The first kappa shape index (κ1) is 18.4. The molecule has 6 nitrogen and oxygen atoms in total. The molecule has 0 unspecified atom stereocenters. The molecule has 3 rings (SSSR count). The average Bonchev–Trinajstić information content (AvgIpc) is 2.68. The summed E-state index contributed by atoms with van der Waals surface area (Å²) in [7, 11) is 1.62. The summed E-state index contributed by atoms with van der Waals surface area (Å²) in [5.74, 6) is 0.658. The van der Waals surface area contributed by atoms with Gasteiger partial charge in [0.2, 0.25) is 5.91 Å². The van der Waals surface area contributed by atoms with Crippen LogP contribution in [0.1, 0.15) is 18.1 Å². The SMILES string of the molecule is COc1ccc(-c2ccc(=O)n(-c3cccc(CNC(C)=O)c3C)n2)cc1. The van der Waals surface area contributed by atoms with Crippen LogP contribution in [-0.2, 0) is 11.3 Å². The first-order chi connectivity index (χ1) is 13.0. The van der Waals surface area contributed by atoms with Gasteiger partial charge in [0, 0.05) is 25.1 Å². The number of nitrogens with zero attached hydrogens (tertiary/aromatic N) is 2. The lowest BCUT2D eigenvalue weighted by atomic mass is 10.1. The van der Waals surface area contributed by atoms with Gasteiger partial charge in [0.25, 0.3) is 5.56 Å². The molecule has 2 aromatic carbocycles. The third-order valence-corrected chi connectivity index (χ3v) is 4.36. The molecule has 0 radical (unpaired) electrons. The molecule has 1 heterocycles. The summed E-state index contributed by atoms with van der Waals surface area (Å²) in [6.45, 7) is 3.80. The fourth-order valence-corrected chi connectivity index (χ4v) is 2.81. The molecule has 0 aliphatic heterocycles. The van der Waals surface area contributed by atoms with Crippen LogP contribution >= 0.6 is 0 Å². The Balaban J connectivity index is 2.03. The van der Waals surface area contributed by atoms with Gasteiger partial charge >= 0.3 is 0 Å². The smallest absolute Gasteiger partial charge is 0.271 e. The molecule has 1 aromatic heterocycles. The van der Waals surface area contributed by atoms with Crippen molar-refractivity contribution in [3.05, 3.63) is 76.1 Å². The Morgan fingerprint density at radius 3 is 2.52 bits per heavy atom. The average molecular weight is 363 g/mol. The number of hydrogen-bond donors (Lipinski definition) is 1. The van der Waals surface area contributed by atoms with E-state index in [4.69, 9.17) is 4.74 Å². The van der Waals surface area contributed by atoms with Gasteiger partial charge in [-0.05, 0) is 54.4 Å². The van der Waals surface area contributed by atoms with Gasteiger partial charge < -0.3 is 10.1 Å². The van der Waals surface area contributed by atoms with Crippen molar-refractivity contribution in [2.24, 2.45) is 0 Å². The number of methoxy groups -OCH3 is 1. The van der Waals surface area contributed by atoms with E-state index >= 15 is 0 Å². The van der Waals surface area contributed by atoms with Crippen LogP contribution in [-0.4, -0.2) is 22.8 Å². The molecule has 1 amide bonds. The minimum atomic E-state index is -0.216. The first-order valence-electron chi connectivity index (χ1n) is 8.57. The largest absolute Gasteiger partial charge is 0.497 e. The zero-order chi connectivity index (χ0) is 19.4. The van der Waals surface area contributed by atoms with Crippen LogP contribution in [0.15, 0.2) is 59.4 Å². The van der Waals surface area contributed by atoms with Crippen LogP contribution in [0.5, 0.6) is 5.75 Å². The highest BCUT2D eigenvalue weighted by atomic mass is 16.5. The minimum absolute atomic E-state index is 0.100. The molecule has 0 bridgehead atoms. The summed E-state index contributed by atoms with van der Waals surface area (Å²) in [4.78, 5) is 23.6. The molecule has 3 aromatic rings. The van der Waals surface area contributed by atoms with E-state index in [2.05, 4.69) is 10.4 Å². The van der Waals surface area contributed by atoms with E-state index < -0.39 is 0 Å². The molecule has 27 heavy (non-hydrogen) atoms. The van der Waals surface area contributed by atoms with E-state index in [1.165, 1.54) is 17.7 Å². The number of benzene rings is 2. The van der Waals surface area contributed by atoms with E-state index in [-0.39, 0.29) is 11.5 Å². The number of aromatic nitrogens is 2. The van der Waals surface area contributed by atoms with Crippen LogP contribution in [0.2, 0.25) is 0 Å². The summed E-state index contributed by atoms with van der Waals surface area (Å²) in [5, 5.41) is 7.33. The van der Waals surface area contributed by atoms with Gasteiger partial charge in [-0.2, -0.15) is 9.78 Å². The zero-order valence-corrected chi connectivity index (χ0v) is 15.5. The lowest BCUT2D eigenvalue weighted by molar-refractivity contribution is -0.119. The number of hydrogen-bond acceptors (Lipinski definition) is 4. The lowest BCUT2D eigenvalue weighted by Gasteiger charge is -2.13. The number of ether oxygens (including phenoxy) is 1. The molecule has 6 heteroatoms. The predicted molar refractivity (Wildman–Crippen MR) is 104 cm³/mol. The quantitative estimate of drug-likeness (QED) is 0.756. The van der Waals surface area contributed by atoms with E-state index in [0.29, 0.717) is 17.9 Å². The Kier molecular flexibility index (Phi) is 5.35. The molecule has 0 saturated heterocycles. The lowest BCUT2D eigenvalue weighted by Crippen LogP contribution is -2.23. The Morgan fingerprint density at radius 1 is 1.11 bits per heavy atom. The van der Waals surface area contributed by atoms with Gasteiger partial charge in [0.1, 0.15) is 5.75 Å². The second-order valence-corrected chi connectivity index (χ2v) is 6.17. The zero-order valence-electron chi connectivity index (χ0n) is 15.5. The van der Waals surface area contributed by atoms with Gasteiger partial charge in [0.15, 0.2) is 0 Å². The molecule has 0 saturated carbocycles. The fourth-order valence-electron chi connectivity index (χ4n) is 2.81. The van der Waals surface area contributed by atoms with Gasteiger partial charge in [-0.15, -0.1) is 0 Å². The minimum Gasteiger partial charge on any atom is -0.497 e. The Bertz CT molecular complexity index is 1020. The van der Waals surface area contributed by atoms with Gasteiger partial charge in [-0.1, -0.05) is 12.1 Å². The predicted octanol–water partition coefficient (Wildman–Crippen LogP) is 2.85. The number of amides is 1. The summed E-state index contributed by atoms with van der Waals surface area (Å²) in [5.41, 5.74) is 3.88. The normalized spacial score (nSPS) is 10.5. The first-order valence-corrected chi connectivity index (χ1v) is 8.57. The van der Waals surface area contributed by atoms with E-state index in [9.17, 15) is 9.59 Å². The molecule has 1 N–H and O–H groups in total. The Labute approximate surface area is 157 Å².